The highest BCUT2D eigenvalue weighted by Crippen LogP contribution is 2.33. The highest BCUT2D eigenvalue weighted by molar-refractivity contribution is 7.79. The van der Waals surface area contributed by atoms with Gasteiger partial charge in [0.25, 0.3) is 0 Å². The van der Waals surface area contributed by atoms with Crippen molar-refractivity contribution in [2.75, 3.05) is 19.7 Å². The predicted molar refractivity (Wildman–Crippen MR) is 117 cm³/mol. The molecular formula is C23H25N2O2P. The Bertz CT molecular complexity index is 833. The average molecular weight is 392 g/mol. The first-order valence-electron chi connectivity index (χ1n) is 9.36. The number of hydrogen-bond acceptors (Lipinski definition) is 3. The van der Waals surface area contributed by atoms with Crippen molar-refractivity contribution in [3.8, 4) is 0 Å². The number of amides is 1. The Morgan fingerprint density at radius 3 is 2.00 bits per heavy atom. The molecule has 3 rings (SSSR count). The van der Waals surface area contributed by atoms with Gasteiger partial charge in [0.05, 0.1) is 13.2 Å². The first-order valence-corrected chi connectivity index (χ1v) is 10.7. The first-order chi connectivity index (χ1) is 13.8. The maximum atomic E-state index is 11.8. The second kappa shape index (κ2) is 10.7. The van der Waals surface area contributed by atoms with Crippen LogP contribution in [0.25, 0.3) is 0 Å². The summed E-state index contributed by atoms with van der Waals surface area (Å²) in [6.45, 7) is 1.07. The number of hydrogen-bond donors (Lipinski definition) is 3. The molecule has 0 heterocycles. The van der Waals surface area contributed by atoms with Gasteiger partial charge in [0, 0.05) is 13.1 Å². The van der Waals surface area contributed by atoms with Crippen molar-refractivity contribution in [1.82, 2.24) is 10.6 Å². The first kappa shape index (κ1) is 20.2. The van der Waals surface area contributed by atoms with Gasteiger partial charge in [-0.25, -0.2) is 0 Å². The lowest BCUT2D eigenvalue weighted by Crippen LogP contribution is -2.36. The van der Waals surface area contributed by atoms with E-state index in [1.54, 1.807) is 0 Å². The molecule has 3 aromatic carbocycles. The summed E-state index contributed by atoms with van der Waals surface area (Å²) >= 11 is 0. The van der Waals surface area contributed by atoms with Crippen molar-refractivity contribution in [2.45, 2.75) is 6.54 Å². The fourth-order valence-corrected chi connectivity index (χ4v) is 5.50. The van der Waals surface area contributed by atoms with E-state index in [0.29, 0.717) is 6.54 Å². The van der Waals surface area contributed by atoms with Gasteiger partial charge in [-0.15, -0.1) is 0 Å². The van der Waals surface area contributed by atoms with Crippen LogP contribution in [0.4, 0.5) is 0 Å². The van der Waals surface area contributed by atoms with Crippen LogP contribution in [0.5, 0.6) is 0 Å². The molecule has 3 aromatic rings. The topological polar surface area (TPSA) is 61.4 Å². The Balaban J connectivity index is 1.84. The zero-order valence-electron chi connectivity index (χ0n) is 15.7. The number of carbonyl (C=O) groups is 1. The van der Waals surface area contributed by atoms with Crippen LogP contribution in [0.3, 0.4) is 0 Å². The molecule has 0 saturated carbocycles. The summed E-state index contributed by atoms with van der Waals surface area (Å²) < 4.78 is 0. The number of carbonyl (C=O) groups excluding carboxylic acids is 1. The molecule has 0 spiro atoms. The molecule has 1 amide bonds. The Morgan fingerprint density at radius 2 is 1.39 bits per heavy atom. The highest BCUT2D eigenvalue weighted by Gasteiger charge is 2.18. The summed E-state index contributed by atoms with van der Waals surface area (Å²) in [6.07, 6.45) is 0. The van der Waals surface area contributed by atoms with Gasteiger partial charge in [-0.2, -0.15) is 0 Å². The molecule has 4 nitrogen and oxygen atoms in total. The standard InChI is InChI=1S/C23H25N2O2P/c26-16-15-25-23(27)18-24-17-19-9-7-8-14-22(19)28(20-10-3-1-4-11-20)21-12-5-2-6-13-21/h1-14,24,26H,15-18H2,(H,25,27). The van der Waals surface area contributed by atoms with E-state index in [9.17, 15) is 4.79 Å². The van der Waals surface area contributed by atoms with Crippen molar-refractivity contribution < 1.29 is 9.90 Å². The van der Waals surface area contributed by atoms with Crippen LogP contribution in [0.2, 0.25) is 0 Å². The second-order valence-corrected chi connectivity index (χ2v) is 8.50. The quantitative estimate of drug-likeness (QED) is 0.485. The summed E-state index contributed by atoms with van der Waals surface area (Å²) in [5, 5.41) is 18.6. The Hall–Kier alpha value is -2.52. The molecule has 28 heavy (non-hydrogen) atoms. The molecule has 0 aliphatic carbocycles. The van der Waals surface area contributed by atoms with Gasteiger partial charge in [0.15, 0.2) is 0 Å². The fraction of sp³-hybridized carbons (Fsp3) is 0.174. The minimum Gasteiger partial charge on any atom is -0.395 e. The van der Waals surface area contributed by atoms with Gasteiger partial charge in [0.2, 0.25) is 5.91 Å². The van der Waals surface area contributed by atoms with E-state index in [4.69, 9.17) is 5.11 Å². The van der Waals surface area contributed by atoms with Crippen LogP contribution in [-0.2, 0) is 11.3 Å². The van der Waals surface area contributed by atoms with Crippen molar-refractivity contribution in [2.24, 2.45) is 0 Å². The normalized spacial score (nSPS) is 10.8. The van der Waals surface area contributed by atoms with Crippen LogP contribution in [0, 0.1) is 0 Å². The van der Waals surface area contributed by atoms with Crippen LogP contribution in [0.15, 0.2) is 84.9 Å². The van der Waals surface area contributed by atoms with E-state index >= 15 is 0 Å². The second-order valence-electron chi connectivity index (χ2n) is 6.31. The summed E-state index contributed by atoms with van der Waals surface area (Å²) in [7, 11) is -0.682. The van der Waals surface area contributed by atoms with E-state index in [1.807, 2.05) is 18.2 Å². The van der Waals surface area contributed by atoms with E-state index in [0.717, 1.165) is 0 Å². The molecule has 144 valence electrons. The monoisotopic (exact) mass is 392 g/mol. The lowest BCUT2D eigenvalue weighted by Gasteiger charge is -2.22. The summed E-state index contributed by atoms with van der Waals surface area (Å²) in [5.74, 6) is -0.111. The van der Waals surface area contributed by atoms with Crippen molar-refractivity contribution in [3.05, 3.63) is 90.5 Å². The lowest BCUT2D eigenvalue weighted by molar-refractivity contribution is -0.120. The third kappa shape index (κ3) is 5.49. The van der Waals surface area contributed by atoms with E-state index in [2.05, 4.69) is 77.4 Å². The molecule has 5 heteroatoms. The molecule has 0 radical (unpaired) electrons. The zero-order valence-corrected chi connectivity index (χ0v) is 16.6. The van der Waals surface area contributed by atoms with E-state index in [1.165, 1.54) is 21.5 Å². The maximum absolute atomic E-state index is 11.8. The number of nitrogens with one attached hydrogen (secondary N) is 2. The summed E-state index contributed by atoms with van der Waals surface area (Å²) in [6, 6.07) is 29.6. The number of aliphatic hydroxyl groups is 1. The van der Waals surface area contributed by atoms with Crippen LogP contribution in [-0.4, -0.2) is 30.7 Å². The molecule has 3 N–H and O–H groups in total. The molecule has 0 saturated heterocycles. The molecule has 0 unspecified atom stereocenters. The summed E-state index contributed by atoms with van der Waals surface area (Å²) in [5.41, 5.74) is 1.19. The van der Waals surface area contributed by atoms with Crippen LogP contribution < -0.4 is 26.5 Å². The predicted octanol–water partition coefficient (Wildman–Crippen LogP) is 1.64. The third-order valence-corrected chi connectivity index (χ3v) is 6.84. The van der Waals surface area contributed by atoms with Gasteiger partial charge in [-0.3, -0.25) is 4.79 Å². The van der Waals surface area contributed by atoms with Crippen LogP contribution >= 0.6 is 7.92 Å². The van der Waals surface area contributed by atoms with Crippen molar-refractivity contribution in [3.63, 3.8) is 0 Å². The van der Waals surface area contributed by atoms with Crippen LogP contribution in [0.1, 0.15) is 5.56 Å². The Kier molecular flexibility index (Phi) is 7.74. The maximum Gasteiger partial charge on any atom is 0.234 e. The van der Waals surface area contributed by atoms with Crippen molar-refractivity contribution >= 4 is 29.7 Å². The molecular weight excluding hydrogens is 367 g/mol. The SMILES string of the molecule is O=C(CNCc1ccccc1P(c1ccccc1)c1ccccc1)NCCO. The van der Waals surface area contributed by atoms with Gasteiger partial charge < -0.3 is 15.7 Å². The van der Waals surface area contributed by atoms with Gasteiger partial charge in [0.1, 0.15) is 0 Å². The molecule has 0 bridgehead atoms. The molecule has 0 aliphatic heterocycles. The number of benzene rings is 3. The van der Waals surface area contributed by atoms with Crippen molar-refractivity contribution in [1.29, 1.82) is 0 Å². The van der Waals surface area contributed by atoms with Gasteiger partial charge in [-0.05, 0) is 29.4 Å². The average Bonchev–Trinajstić information content (AvgIpc) is 2.75. The van der Waals surface area contributed by atoms with E-state index in [-0.39, 0.29) is 25.6 Å². The third-order valence-electron chi connectivity index (χ3n) is 4.30. The molecule has 0 aromatic heterocycles. The number of aliphatic hydroxyl groups excluding tert-OH is 1. The summed E-state index contributed by atoms with van der Waals surface area (Å²) in [4.78, 5) is 11.8. The highest BCUT2D eigenvalue weighted by atomic mass is 31.1. The zero-order chi connectivity index (χ0) is 19.6. The number of rotatable bonds is 9. The molecule has 0 fully saturated rings. The minimum atomic E-state index is -0.682. The Morgan fingerprint density at radius 1 is 0.821 bits per heavy atom. The van der Waals surface area contributed by atoms with E-state index < -0.39 is 7.92 Å². The fourth-order valence-electron chi connectivity index (χ4n) is 3.03. The van der Waals surface area contributed by atoms with Gasteiger partial charge >= 0.3 is 0 Å². The molecule has 0 atom stereocenters. The Labute approximate surface area is 167 Å². The van der Waals surface area contributed by atoms with Gasteiger partial charge in [-0.1, -0.05) is 84.9 Å². The molecule has 0 aliphatic rings. The minimum absolute atomic E-state index is 0.0486. The smallest absolute Gasteiger partial charge is 0.234 e. The largest absolute Gasteiger partial charge is 0.395 e. The lowest BCUT2D eigenvalue weighted by atomic mass is 10.2.